The van der Waals surface area contributed by atoms with Gasteiger partial charge in [0.1, 0.15) is 21.9 Å². The number of aromatic amines is 1. The Bertz CT molecular complexity index is 1350. The summed E-state index contributed by atoms with van der Waals surface area (Å²) in [5, 5.41) is -0.368. The van der Waals surface area contributed by atoms with E-state index in [1.165, 1.54) is 6.92 Å². The minimum absolute atomic E-state index is 0.0151. The number of rotatable bonds is 3. The molecule has 1 aliphatic rings. The highest BCUT2D eigenvalue weighted by molar-refractivity contribution is 5.88. The molecule has 0 radical (unpaired) electrons. The molecule has 1 amide bonds. The highest BCUT2D eigenvalue weighted by atomic mass is 16.2. The molecule has 0 saturated carbocycles. The van der Waals surface area contributed by atoms with Gasteiger partial charge in [0.15, 0.2) is 0 Å². The maximum absolute atomic E-state index is 13.1. The molecule has 3 heterocycles. The fourth-order valence-corrected chi connectivity index (χ4v) is 2.13. The van der Waals surface area contributed by atoms with E-state index in [1.54, 1.807) is 0 Å². The van der Waals surface area contributed by atoms with Crippen molar-refractivity contribution >= 4 is 22.8 Å². The van der Waals surface area contributed by atoms with Gasteiger partial charge in [-0.05, 0) is 25.3 Å². The molecule has 2 atom stereocenters. The van der Waals surface area contributed by atoms with Crippen LogP contribution >= 0.6 is 0 Å². The van der Waals surface area contributed by atoms with Crippen LogP contribution in [0, 0.1) is 19.4 Å². The Labute approximate surface area is 161 Å². The monoisotopic (exact) mass is 340 g/mol. The number of likely N-dealkylation sites (tertiary alicyclic amines) is 1. The van der Waals surface area contributed by atoms with Crippen LogP contribution in [-0.4, -0.2) is 58.2 Å². The molecule has 7 nitrogen and oxygen atoms in total. The largest absolute Gasteiger partial charge is 0.354 e. The van der Waals surface area contributed by atoms with Gasteiger partial charge in [-0.2, -0.15) is 0 Å². The summed E-state index contributed by atoms with van der Waals surface area (Å²) < 4.78 is 116. The standard InChI is InChI=1S/C17H22N6O/c1-11-5-6-23(15(24)8-18-3)9-14(11)22(4)17-13-7-12(2)21-16(13)19-10-20-17/h7,10-11,14H,5-6,8-9H2,1-2,4H3,(H,19,20,21)/t11-,14+/m1/s1/i4D3,5D2,6D2,7D,8D2,9D2,10D,14D. The topological polar surface area (TPSA) is 69.5 Å². The van der Waals surface area contributed by atoms with Gasteiger partial charge in [0, 0.05) is 35.3 Å². The second-order valence-corrected chi connectivity index (χ2v) is 4.92. The van der Waals surface area contributed by atoms with E-state index in [0.717, 1.165) is 6.92 Å². The van der Waals surface area contributed by atoms with E-state index in [4.69, 9.17) is 24.4 Å². The van der Waals surface area contributed by atoms with Crippen molar-refractivity contribution in [2.75, 3.05) is 31.4 Å². The molecular formula is C17H22N6O. The van der Waals surface area contributed by atoms with Crippen molar-refractivity contribution in [3.8, 4) is 0 Å². The summed E-state index contributed by atoms with van der Waals surface area (Å²) in [5.74, 6) is -5.26. The van der Waals surface area contributed by atoms with E-state index in [9.17, 15) is 6.17 Å². The molecule has 1 saturated heterocycles. The number of hydrogen-bond acceptors (Lipinski definition) is 4. The number of fused-ring (bicyclic) bond motifs is 1. The zero-order valence-corrected chi connectivity index (χ0v) is 12.7. The number of aryl methyl sites for hydroxylation is 1. The number of nitrogens with zero attached hydrogens (tertiary/aromatic N) is 5. The summed E-state index contributed by atoms with van der Waals surface area (Å²) >= 11 is 0. The first-order valence-electron chi connectivity index (χ1n) is 13.8. The Morgan fingerprint density at radius 3 is 3.38 bits per heavy atom. The highest BCUT2D eigenvalue weighted by Gasteiger charge is 2.33. The molecule has 24 heavy (non-hydrogen) atoms. The van der Waals surface area contributed by atoms with E-state index < -0.39 is 67.7 Å². The van der Waals surface area contributed by atoms with Crippen LogP contribution in [0.5, 0.6) is 0 Å². The van der Waals surface area contributed by atoms with Gasteiger partial charge in [-0.3, -0.25) is 4.79 Å². The van der Waals surface area contributed by atoms with Crippen molar-refractivity contribution in [2.24, 2.45) is 5.92 Å². The summed E-state index contributed by atoms with van der Waals surface area (Å²) in [6.45, 7) is -5.49. The Morgan fingerprint density at radius 2 is 2.62 bits per heavy atom. The predicted molar refractivity (Wildman–Crippen MR) is 92.6 cm³/mol. The third kappa shape index (κ3) is 2.92. The molecule has 0 unspecified atom stereocenters. The molecule has 3 rings (SSSR count). The number of piperidine rings is 1. The lowest BCUT2D eigenvalue weighted by atomic mass is 9.92. The molecule has 0 aromatic carbocycles. The molecule has 1 aliphatic heterocycles. The van der Waals surface area contributed by atoms with Crippen LogP contribution in [0.2, 0.25) is 0 Å². The normalized spacial score (nSPS) is 39.9. The van der Waals surface area contributed by atoms with Gasteiger partial charge in [0.05, 0.1) is 16.9 Å². The van der Waals surface area contributed by atoms with Crippen molar-refractivity contribution in [3.63, 3.8) is 0 Å². The number of hydrogen-bond donors (Lipinski definition) is 1. The molecule has 1 fully saturated rings. The Hall–Kier alpha value is -2.62. The van der Waals surface area contributed by atoms with E-state index in [0.29, 0.717) is 0 Å². The SMILES string of the molecule is [2H]c1nc(N(C([2H])([2H])[2H])[C@]2([2H])[C@H](C)C([2H])([2H])C([2H])([2H])N(C(=O)C([2H])([2H])[N+]#[C-])C2([2H])[2H])c2c([2H])c(C)[nH]c2n1. The van der Waals surface area contributed by atoms with Gasteiger partial charge < -0.3 is 19.6 Å². The Kier molecular flexibility index (Phi) is 1.71. The van der Waals surface area contributed by atoms with Gasteiger partial charge in [-0.15, -0.1) is 0 Å². The number of anilines is 1. The zero-order valence-electron chi connectivity index (χ0n) is 26.7. The maximum atomic E-state index is 13.1. The molecule has 7 heteroatoms. The second-order valence-electron chi connectivity index (χ2n) is 4.92. The number of carbonyl (C=O) groups excluding carboxylic acids is 1. The summed E-state index contributed by atoms with van der Waals surface area (Å²) in [5.41, 5.74) is -0.0842. The zero-order chi connectivity index (χ0) is 29.6. The fraction of sp³-hybridized carbons (Fsp3) is 0.529. The average Bonchev–Trinajstić information content (AvgIpc) is 3.03. The minimum atomic E-state index is -3.85. The predicted octanol–water partition coefficient (Wildman–Crippen LogP) is 1.86. The summed E-state index contributed by atoms with van der Waals surface area (Å²) in [4.78, 5) is 25.1. The number of carbonyl (C=O) groups is 1. The number of amides is 1. The van der Waals surface area contributed by atoms with Crippen molar-refractivity contribution in [2.45, 2.75) is 26.2 Å². The lowest BCUT2D eigenvalue weighted by molar-refractivity contribution is -0.130. The first kappa shape index (κ1) is 6.36. The van der Waals surface area contributed by atoms with E-state index in [1.807, 2.05) is 0 Å². The number of aromatic nitrogens is 3. The summed E-state index contributed by atoms with van der Waals surface area (Å²) in [7, 11) is 0. The van der Waals surface area contributed by atoms with E-state index in [-0.39, 0.29) is 27.7 Å². The third-order valence-electron chi connectivity index (χ3n) is 3.23. The number of likely N-dealkylation sites (N-methyl/N-ethyl adjacent to an activating group) is 1. The first-order chi connectivity index (χ1) is 16.9. The third-order valence-corrected chi connectivity index (χ3v) is 3.23. The van der Waals surface area contributed by atoms with Crippen LogP contribution in [0.4, 0.5) is 5.82 Å². The Morgan fingerprint density at radius 1 is 1.79 bits per heavy atom. The van der Waals surface area contributed by atoms with Gasteiger partial charge >= 0.3 is 5.91 Å². The fourth-order valence-electron chi connectivity index (χ4n) is 2.13. The number of H-pyrrole nitrogens is 1. The van der Waals surface area contributed by atoms with Crippen molar-refractivity contribution in [1.82, 2.24) is 19.9 Å². The van der Waals surface area contributed by atoms with Crippen LogP contribution in [0.1, 0.15) is 38.2 Å². The summed E-state index contributed by atoms with van der Waals surface area (Å²) in [6, 6.07) is -3.89. The van der Waals surface area contributed by atoms with Gasteiger partial charge in [0.2, 0.25) is 0 Å². The molecular weight excluding hydrogens is 304 g/mol. The molecule has 126 valence electrons. The van der Waals surface area contributed by atoms with Crippen LogP contribution in [-0.2, 0) is 4.79 Å². The van der Waals surface area contributed by atoms with Crippen molar-refractivity contribution in [1.29, 1.82) is 0 Å². The minimum Gasteiger partial charge on any atom is -0.354 e. The van der Waals surface area contributed by atoms with Crippen LogP contribution < -0.4 is 4.90 Å². The smallest absolute Gasteiger partial charge is 0.302 e. The molecule has 1 N–H and O–H groups in total. The van der Waals surface area contributed by atoms with Gasteiger partial charge in [-0.1, -0.05) is 6.92 Å². The van der Waals surface area contributed by atoms with Crippen LogP contribution in [0.25, 0.3) is 15.9 Å². The molecule has 0 aliphatic carbocycles. The lowest BCUT2D eigenvalue weighted by Gasteiger charge is -2.41. The lowest BCUT2D eigenvalue weighted by Crippen LogP contribution is -2.53. The van der Waals surface area contributed by atoms with Crippen LogP contribution in [0.15, 0.2) is 12.3 Å². The summed E-state index contributed by atoms with van der Waals surface area (Å²) in [6.07, 6.45) is -4.22. The molecule has 2 aromatic rings. The molecule has 2 aromatic heterocycles. The van der Waals surface area contributed by atoms with E-state index in [2.05, 4.69) is 19.8 Å². The molecule has 0 bridgehead atoms. The van der Waals surface area contributed by atoms with E-state index >= 15 is 0 Å². The van der Waals surface area contributed by atoms with Crippen molar-refractivity contribution in [3.05, 3.63) is 29.5 Å². The second kappa shape index (κ2) is 6.48. The van der Waals surface area contributed by atoms with Crippen molar-refractivity contribution < 1.29 is 24.0 Å². The van der Waals surface area contributed by atoms with Crippen LogP contribution in [0.3, 0.4) is 0 Å². The van der Waals surface area contributed by atoms with Gasteiger partial charge in [0.25, 0.3) is 6.50 Å². The maximum Gasteiger partial charge on any atom is 0.302 e. The van der Waals surface area contributed by atoms with Gasteiger partial charge in [-0.25, -0.2) is 16.5 Å². The molecule has 0 spiro atoms. The highest BCUT2D eigenvalue weighted by Crippen LogP contribution is 2.29. The first-order valence-corrected chi connectivity index (χ1v) is 6.79. The number of nitrogens with one attached hydrogen (secondary N) is 1. The quantitative estimate of drug-likeness (QED) is 0.866. The average molecular weight is 340 g/mol. The Balaban J connectivity index is 2.52.